The summed E-state index contributed by atoms with van der Waals surface area (Å²) in [6.07, 6.45) is -0.170. The number of nitriles is 1. The lowest BCUT2D eigenvalue weighted by Gasteiger charge is -2.42. The average Bonchev–Trinajstić information content (AvgIpc) is 3.16. The molecule has 2 fully saturated rings. The van der Waals surface area contributed by atoms with Crippen molar-refractivity contribution in [3.8, 4) is 6.07 Å². The second-order valence-corrected chi connectivity index (χ2v) is 8.50. The summed E-state index contributed by atoms with van der Waals surface area (Å²) in [7, 11) is 0. The molecule has 32 heavy (non-hydrogen) atoms. The molecule has 2 aliphatic heterocycles. The highest BCUT2D eigenvalue weighted by molar-refractivity contribution is 5.93. The Morgan fingerprint density at radius 1 is 1.28 bits per heavy atom. The van der Waals surface area contributed by atoms with Crippen LogP contribution in [0.3, 0.4) is 0 Å². The van der Waals surface area contributed by atoms with Gasteiger partial charge in [0.25, 0.3) is 5.91 Å². The van der Waals surface area contributed by atoms with Gasteiger partial charge in [0.05, 0.1) is 22.8 Å². The smallest absolute Gasteiger partial charge is 0.396 e. The van der Waals surface area contributed by atoms with Gasteiger partial charge in [0.15, 0.2) is 0 Å². The van der Waals surface area contributed by atoms with Gasteiger partial charge in [-0.05, 0) is 48.6 Å². The molecule has 1 N–H and O–H groups in total. The number of amides is 1. The maximum absolute atomic E-state index is 13.4. The third-order valence-electron chi connectivity index (χ3n) is 6.78. The Labute approximate surface area is 183 Å². The lowest BCUT2D eigenvalue weighted by molar-refractivity contribution is -0.137. The van der Waals surface area contributed by atoms with E-state index in [1.54, 1.807) is 29.3 Å². The van der Waals surface area contributed by atoms with Gasteiger partial charge in [-0.1, -0.05) is 0 Å². The van der Waals surface area contributed by atoms with Crippen LogP contribution in [0.1, 0.15) is 34.3 Å². The molecule has 1 aromatic heterocycles. The van der Waals surface area contributed by atoms with E-state index >= 15 is 0 Å². The molecule has 168 valence electrons. The topological polar surface area (TPSA) is 80.5 Å². The zero-order valence-electron chi connectivity index (χ0n) is 17.3. The lowest BCUT2D eigenvalue weighted by Crippen LogP contribution is -2.47. The van der Waals surface area contributed by atoms with Crippen LogP contribution in [0.4, 0.5) is 18.9 Å². The fraction of sp³-hybridized carbons (Fsp3) is 0.435. The molecule has 2 saturated heterocycles. The first kappa shape index (κ1) is 22.1. The fourth-order valence-corrected chi connectivity index (χ4v) is 4.94. The first-order valence-corrected chi connectivity index (χ1v) is 10.4. The van der Waals surface area contributed by atoms with Gasteiger partial charge in [-0.3, -0.25) is 9.78 Å². The molecule has 3 heterocycles. The van der Waals surface area contributed by atoms with Crippen molar-refractivity contribution in [2.75, 3.05) is 37.7 Å². The Balaban J connectivity index is 1.52. The number of nitrogens with zero attached hydrogens (tertiary/aromatic N) is 4. The Kier molecular flexibility index (Phi) is 5.82. The Morgan fingerprint density at radius 3 is 2.62 bits per heavy atom. The van der Waals surface area contributed by atoms with Crippen molar-refractivity contribution in [1.29, 1.82) is 5.26 Å². The number of pyridine rings is 1. The summed E-state index contributed by atoms with van der Waals surface area (Å²) in [6, 6.07) is 8.79. The van der Waals surface area contributed by atoms with E-state index in [0.717, 1.165) is 6.07 Å². The first-order valence-electron chi connectivity index (χ1n) is 10.4. The predicted octanol–water partition coefficient (Wildman–Crippen LogP) is 3.32. The van der Waals surface area contributed by atoms with Crippen LogP contribution in [-0.2, 0) is 6.18 Å². The molecular formula is C23H23F3N4O2. The molecule has 0 saturated carbocycles. The predicted molar refractivity (Wildman–Crippen MR) is 111 cm³/mol. The third kappa shape index (κ3) is 4.02. The molecule has 6 nitrogen and oxygen atoms in total. The number of rotatable bonds is 3. The highest BCUT2D eigenvalue weighted by atomic mass is 19.4. The SMILES string of the molecule is N#Cc1ccc(N2CC(CO)C3(CCN(C(=O)c4cccnc4)CC3)C2)cc1C(F)(F)F. The van der Waals surface area contributed by atoms with Crippen molar-refractivity contribution in [3.05, 3.63) is 59.4 Å². The van der Waals surface area contributed by atoms with Crippen LogP contribution >= 0.6 is 0 Å². The first-order chi connectivity index (χ1) is 15.3. The van der Waals surface area contributed by atoms with E-state index in [1.165, 1.54) is 18.3 Å². The van der Waals surface area contributed by atoms with Gasteiger partial charge in [-0.25, -0.2) is 0 Å². The van der Waals surface area contributed by atoms with Gasteiger partial charge < -0.3 is 14.9 Å². The minimum absolute atomic E-state index is 0.0739. The molecule has 9 heteroatoms. The van der Waals surface area contributed by atoms with E-state index in [-0.39, 0.29) is 23.8 Å². The van der Waals surface area contributed by atoms with Gasteiger partial charge in [0.2, 0.25) is 0 Å². The number of anilines is 1. The molecule has 1 unspecified atom stereocenters. The van der Waals surface area contributed by atoms with Gasteiger partial charge in [-0.2, -0.15) is 18.4 Å². The number of halogens is 3. The van der Waals surface area contributed by atoms with Crippen molar-refractivity contribution in [1.82, 2.24) is 9.88 Å². The van der Waals surface area contributed by atoms with Crippen LogP contribution < -0.4 is 4.90 Å². The summed E-state index contributed by atoms with van der Waals surface area (Å²) in [5.41, 5.74) is -0.729. The molecule has 0 bridgehead atoms. The molecule has 1 atom stereocenters. The summed E-state index contributed by atoms with van der Waals surface area (Å²) >= 11 is 0. The highest BCUT2D eigenvalue weighted by Crippen LogP contribution is 2.46. The zero-order valence-corrected chi connectivity index (χ0v) is 17.3. The minimum Gasteiger partial charge on any atom is -0.396 e. The lowest BCUT2D eigenvalue weighted by atomic mass is 9.71. The Bertz CT molecular complexity index is 1030. The van der Waals surface area contributed by atoms with Crippen LogP contribution in [0.2, 0.25) is 0 Å². The van der Waals surface area contributed by atoms with E-state index < -0.39 is 17.3 Å². The number of alkyl halides is 3. The molecule has 1 spiro atoms. The third-order valence-corrected chi connectivity index (χ3v) is 6.78. The van der Waals surface area contributed by atoms with Crippen LogP contribution in [-0.4, -0.2) is 53.7 Å². The number of benzene rings is 1. The second kappa shape index (κ2) is 8.43. The van der Waals surface area contributed by atoms with Crippen molar-refractivity contribution < 1.29 is 23.1 Å². The second-order valence-electron chi connectivity index (χ2n) is 8.50. The quantitative estimate of drug-likeness (QED) is 0.786. The molecule has 2 aromatic rings. The normalized spacial score (nSPS) is 20.4. The molecule has 0 aliphatic carbocycles. The largest absolute Gasteiger partial charge is 0.417 e. The minimum atomic E-state index is -4.62. The number of aliphatic hydroxyl groups excluding tert-OH is 1. The molecular weight excluding hydrogens is 421 g/mol. The number of piperidine rings is 1. The van der Waals surface area contributed by atoms with E-state index in [2.05, 4.69) is 4.98 Å². The van der Waals surface area contributed by atoms with Gasteiger partial charge in [0, 0.05) is 56.8 Å². The van der Waals surface area contributed by atoms with E-state index in [9.17, 15) is 23.1 Å². The Morgan fingerprint density at radius 2 is 2.03 bits per heavy atom. The molecule has 2 aliphatic rings. The van der Waals surface area contributed by atoms with Crippen LogP contribution in [0.5, 0.6) is 0 Å². The van der Waals surface area contributed by atoms with Crippen molar-refractivity contribution in [3.63, 3.8) is 0 Å². The van der Waals surface area contributed by atoms with Crippen LogP contribution in [0, 0.1) is 22.7 Å². The monoisotopic (exact) mass is 444 g/mol. The number of carbonyl (C=O) groups is 1. The molecule has 1 amide bonds. The number of aromatic nitrogens is 1. The number of carbonyl (C=O) groups excluding carboxylic acids is 1. The summed E-state index contributed by atoms with van der Waals surface area (Å²) in [5.74, 6) is -0.201. The number of likely N-dealkylation sites (tertiary alicyclic amines) is 1. The van der Waals surface area contributed by atoms with Gasteiger partial charge in [-0.15, -0.1) is 0 Å². The summed E-state index contributed by atoms with van der Waals surface area (Å²) in [5, 5.41) is 19.1. The van der Waals surface area contributed by atoms with E-state index in [0.29, 0.717) is 50.3 Å². The van der Waals surface area contributed by atoms with E-state index in [1.807, 2.05) is 4.90 Å². The highest BCUT2D eigenvalue weighted by Gasteiger charge is 2.48. The summed E-state index contributed by atoms with van der Waals surface area (Å²) in [6.45, 7) is 1.88. The molecule has 1 aromatic carbocycles. The van der Waals surface area contributed by atoms with Crippen molar-refractivity contribution in [2.45, 2.75) is 19.0 Å². The molecule has 4 rings (SSSR count). The van der Waals surface area contributed by atoms with Crippen molar-refractivity contribution in [2.24, 2.45) is 11.3 Å². The average molecular weight is 444 g/mol. The zero-order chi connectivity index (χ0) is 22.9. The Hall–Kier alpha value is -3.12. The van der Waals surface area contributed by atoms with Crippen LogP contribution in [0.15, 0.2) is 42.7 Å². The van der Waals surface area contributed by atoms with Gasteiger partial charge >= 0.3 is 6.18 Å². The standard InChI is InChI=1S/C23H23F3N4O2/c24-23(25,26)20-10-19(4-3-16(20)11-27)30-13-18(14-31)22(15-30)5-8-29(9-6-22)21(32)17-2-1-7-28-12-17/h1-4,7,10,12,18,31H,5-6,8-9,13-15H2. The number of aliphatic hydroxyl groups is 1. The summed E-state index contributed by atoms with van der Waals surface area (Å²) in [4.78, 5) is 20.3. The maximum atomic E-state index is 13.4. The van der Waals surface area contributed by atoms with Crippen LogP contribution in [0.25, 0.3) is 0 Å². The van der Waals surface area contributed by atoms with E-state index in [4.69, 9.17) is 5.26 Å². The van der Waals surface area contributed by atoms with Gasteiger partial charge in [0.1, 0.15) is 0 Å². The van der Waals surface area contributed by atoms with Crippen molar-refractivity contribution >= 4 is 11.6 Å². The maximum Gasteiger partial charge on any atom is 0.417 e. The fourth-order valence-electron chi connectivity index (χ4n) is 4.94. The molecule has 0 radical (unpaired) electrons. The summed E-state index contributed by atoms with van der Waals surface area (Å²) < 4.78 is 40.2. The number of hydrogen-bond acceptors (Lipinski definition) is 5. The number of hydrogen-bond donors (Lipinski definition) is 1.